The number of hydrogen-bond donors (Lipinski definition) is 1. The minimum Gasteiger partial charge on any atom is -0.392 e. The number of nitrogens with zero attached hydrogens (tertiary/aromatic N) is 2. The monoisotopic (exact) mass is 304 g/mol. The second kappa shape index (κ2) is 6.92. The molecular formula is C17H21ClN2O. The molecular weight excluding hydrogens is 284 g/mol. The fourth-order valence-corrected chi connectivity index (χ4v) is 2.34. The van der Waals surface area contributed by atoms with E-state index in [-0.39, 0.29) is 6.61 Å². The van der Waals surface area contributed by atoms with Gasteiger partial charge in [-0.25, -0.2) is 4.98 Å². The summed E-state index contributed by atoms with van der Waals surface area (Å²) in [5.74, 6) is 1.18. The van der Waals surface area contributed by atoms with E-state index in [1.54, 1.807) is 0 Å². The minimum atomic E-state index is 0.0230. The summed E-state index contributed by atoms with van der Waals surface area (Å²) in [5, 5.41) is 10.2. The second-order valence-electron chi connectivity index (χ2n) is 5.52. The van der Waals surface area contributed by atoms with Gasteiger partial charge in [0.1, 0.15) is 5.82 Å². The highest BCUT2D eigenvalue weighted by atomic mass is 35.5. The van der Waals surface area contributed by atoms with Gasteiger partial charge in [-0.05, 0) is 35.2 Å². The van der Waals surface area contributed by atoms with E-state index < -0.39 is 0 Å². The zero-order valence-electron chi connectivity index (χ0n) is 12.7. The summed E-state index contributed by atoms with van der Waals surface area (Å²) in [4.78, 5) is 6.73. The van der Waals surface area contributed by atoms with Crippen molar-refractivity contribution in [3.8, 4) is 0 Å². The van der Waals surface area contributed by atoms with Crippen LogP contribution < -0.4 is 4.90 Å². The van der Waals surface area contributed by atoms with E-state index in [4.69, 9.17) is 11.6 Å². The molecule has 1 aromatic heterocycles. The summed E-state index contributed by atoms with van der Waals surface area (Å²) >= 11 is 6.21. The van der Waals surface area contributed by atoms with Crippen molar-refractivity contribution in [1.82, 2.24) is 4.98 Å². The van der Waals surface area contributed by atoms with Crippen molar-refractivity contribution in [3.05, 3.63) is 58.2 Å². The van der Waals surface area contributed by atoms with E-state index in [1.165, 1.54) is 0 Å². The molecule has 0 aliphatic heterocycles. The molecule has 0 saturated carbocycles. The molecule has 4 heteroatoms. The molecule has 0 aliphatic carbocycles. The molecule has 0 saturated heterocycles. The van der Waals surface area contributed by atoms with Crippen LogP contribution in [0.2, 0.25) is 5.02 Å². The first-order valence-corrected chi connectivity index (χ1v) is 7.45. The fourth-order valence-electron chi connectivity index (χ4n) is 2.14. The topological polar surface area (TPSA) is 36.4 Å². The molecule has 0 unspecified atom stereocenters. The molecule has 0 spiro atoms. The Balaban J connectivity index is 2.28. The number of aliphatic hydroxyl groups is 1. The van der Waals surface area contributed by atoms with E-state index in [9.17, 15) is 5.11 Å². The van der Waals surface area contributed by atoms with Crippen LogP contribution in [0.15, 0.2) is 36.4 Å². The maximum atomic E-state index is 9.42. The highest BCUT2D eigenvalue weighted by Crippen LogP contribution is 2.23. The third kappa shape index (κ3) is 3.96. The molecule has 21 heavy (non-hydrogen) atoms. The average Bonchev–Trinajstić information content (AvgIpc) is 2.49. The van der Waals surface area contributed by atoms with Crippen molar-refractivity contribution < 1.29 is 5.11 Å². The molecule has 0 fully saturated rings. The van der Waals surface area contributed by atoms with E-state index in [1.807, 2.05) is 48.3 Å². The lowest BCUT2D eigenvalue weighted by Crippen LogP contribution is -2.19. The van der Waals surface area contributed by atoms with Gasteiger partial charge in [0.25, 0.3) is 0 Å². The normalized spacial score (nSPS) is 11.0. The van der Waals surface area contributed by atoms with Crippen LogP contribution >= 0.6 is 11.6 Å². The Labute approximate surface area is 131 Å². The average molecular weight is 305 g/mol. The van der Waals surface area contributed by atoms with Gasteiger partial charge in [-0.3, -0.25) is 0 Å². The molecule has 0 bridgehead atoms. The maximum Gasteiger partial charge on any atom is 0.129 e. The van der Waals surface area contributed by atoms with Gasteiger partial charge < -0.3 is 10.0 Å². The molecule has 0 aliphatic rings. The van der Waals surface area contributed by atoms with Crippen LogP contribution in [0.1, 0.15) is 36.6 Å². The molecule has 1 aromatic carbocycles. The highest BCUT2D eigenvalue weighted by Gasteiger charge is 2.11. The summed E-state index contributed by atoms with van der Waals surface area (Å²) in [5.41, 5.74) is 2.93. The quantitative estimate of drug-likeness (QED) is 0.907. The zero-order chi connectivity index (χ0) is 15.4. The van der Waals surface area contributed by atoms with Crippen molar-refractivity contribution in [1.29, 1.82) is 0 Å². The summed E-state index contributed by atoms with van der Waals surface area (Å²) in [6, 6.07) is 11.7. The molecule has 0 radical (unpaired) electrons. The van der Waals surface area contributed by atoms with E-state index >= 15 is 0 Å². The van der Waals surface area contributed by atoms with Crippen LogP contribution in [0.3, 0.4) is 0 Å². The van der Waals surface area contributed by atoms with Crippen molar-refractivity contribution in [2.45, 2.75) is 32.9 Å². The molecule has 0 atom stereocenters. The smallest absolute Gasteiger partial charge is 0.129 e. The first-order chi connectivity index (χ1) is 10.0. The van der Waals surface area contributed by atoms with Gasteiger partial charge in [-0.15, -0.1) is 0 Å². The van der Waals surface area contributed by atoms with Crippen LogP contribution in [-0.4, -0.2) is 17.1 Å². The summed E-state index contributed by atoms with van der Waals surface area (Å²) < 4.78 is 0. The number of benzene rings is 1. The van der Waals surface area contributed by atoms with Gasteiger partial charge in [0.15, 0.2) is 0 Å². The number of aliphatic hydroxyl groups excluding tert-OH is 1. The molecule has 3 nitrogen and oxygen atoms in total. The largest absolute Gasteiger partial charge is 0.392 e. The predicted octanol–water partition coefficient (Wildman–Crippen LogP) is 3.99. The lowest BCUT2D eigenvalue weighted by molar-refractivity contribution is 0.281. The fraction of sp³-hybridized carbons (Fsp3) is 0.353. The van der Waals surface area contributed by atoms with Crippen LogP contribution in [0.5, 0.6) is 0 Å². The van der Waals surface area contributed by atoms with E-state index in [2.05, 4.69) is 18.8 Å². The number of hydrogen-bond acceptors (Lipinski definition) is 3. The lowest BCUT2D eigenvalue weighted by atomic mass is 10.1. The Morgan fingerprint density at radius 1 is 1.24 bits per heavy atom. The van der Waals surface area contributed by atoms with Crippen LogP contribution in [0.25, 0.3) is 0 Å². The van der Waals surface area contributed by atoms with E-state index in [0.717, 1.165) is 27.7 Å². The minimum absolute atomic E-state index is 0.0230. The first-order valence-electron chi connectivity index (χ1n) is 7.07. The highest BCUT2D eigenvalue weighted by molar-refractivity contribution is 6.31. The molecule has 2 aromatic rings. The van der Waals surface area contributed by atoms with Gasteiger partial charge in [0, 0.05) is 24.3 Å². The van der Waals surface area contributed by atoms with Gasteiger partial charge in [-0.1, -0.05) is 43.6 Å². The van der Waals surface area contributed by atoms with Gasteiger partial charge in [-0.2, -0.15) is 0 Å². The van der Waals surface area contributed by atoms with Crippen LogP contribution in [0.4, 0.5) is 5.82 Å². The third-order valence-corrected chi connectivity index (χ3v) is 3.79. The number of aromatic nitrogens is 1. The van der Waals surface area contributed by atoms with Gasteiger partial charge >= 0.3 is 0 Å². The number of anilines is 1. The van der Waals surface area contributed by atoms with Crippen LogP contribution in [0, 0.1) is 0 Å². The Hall–Kier alpha value is -1.58. The Bertz CT molecular complexity index is 613. The van der Waals surface area contributed by atoms with E-state index in [0.29, 0.717) is 12.5 Å². The lowest BCUT2D eigenvalue weighted by Gasteiger charge is -2.21. The third-order valence-electron chi connectivity index (χ3n) is 3.42. The van der Waals surface area contributed by atoms with Crippen molar-refractivity contribution >= 4 is 17.4 Å². The van der Waals surface area contributed by atoms with Crippen molar-refractivity contribution in [3.63, 3.8) is 0 Å². The Morgan fingerprint density at radius 2 is 1.95 bits per heavy atom. The number of rotatable bonds is 5. The summed E-state index contributed by atoms with van der Waals surface area (Å²) in [6.45, 7) is 4.90. The molecule has 112 valence electrons. The van der Waals surface area contributed by atoms with Crippen molar-refractivity contribution in [2.75, 3.05) is 11.9 Å². The Morgan fingerprint density at radius 3 is 2.57 bits per heavy atom. The van der Waals surface area contributed by atoms with Crippen molar-refractivity contribution in [2.24, 2.45) is 0 Å². The SMILES string of the molecule is CC(C)c1cc(CO)cc(N(C)Cc2ccccc2Cl)n1. The Kier molecular flexibility index (Phi) is 5.21. The van der Waals surface area contributed by atoms with Gasteiger partial charge in [0.2, 0.25) is 0 Å². The second-order valence-corrected chi connectivity index (χ2v) is 5.93. The number of pyridine rings is 1. The summed E-state index contributed by atoms with van der Waals surface area (Å²) in [6.07, 6.45) is 0. The predicted molar refractivity (Wildman–Crippen MR) is 87.8 cm³/mol. The molecule has 0 amide bonds. The molecule has 1 N–H and O–H groups in total. The maximum absolute atomic E-state index is 9.42. The zero-order valence-corrected chi connectivity index (χ0v) is 13.4. The van der Waals surface area contributed by atoms with Gasteiger partial charge in [0.05, 0.1) is 6.61 Å². The standard InChI is InChI=1S/C17H21ClN2O/c1-12(2)16-8-13(11-21)9-17(19-16)20(3)10-14-6-4-5-7-15(14)18/h4-9,12,21H,10-11H2,1-3H3. The van der Waals surface area contributed by atoms with Crippen LogP contribution in [-0.2, 0) is 13.2 Å². The molecule has 2 rings (SSSR count). The number of halogens is 1. The first kappa shape index (κ1) is 15.8. The molecule has 1 heterocycles. The summed E-state index contributed by atoms with van der Waals surface area (Å²) in [7, 11) is 1.98.